The van der Waals surface area contributed by atoms with Crippen LogP contribution in [0.2, 0.25) is 0 Å². The Kier molecular flexibility index (Phi) is 5.12. The lowest BCUT2D eigenvalue weighted by atomic mass is 10.3. The molecule has 4 heteroatoms. The Bertz CT molecular complexity index is 327. The molecule has 0 aliphatic heterocycles. The first-order chi connectivity index (χ1) is 7.40. The van der Waals surface area contributed by atoms with E-state index in [0.717, 1.165) is 0 Å². The Balaban J connectivity index is 2.97. The van der Waals surface area contributed by atoms with Crippen molar-refractivity contribution in [2.24, 2.45) is 0 Å². The van der Waals surface area contributed by atoms with Gasteiger partial charge in [-0.15, -0.1) is 23.5 Å². The fraction of sp³-hybridized carbons (Fsp3) is 0.500. The summed E-state index contributed by atoms with van der Waals surface area (Å²) in [4.78, 5) is 0.779. The van der Waals surface area contributed by atoms with Gasteiger partial charge in [-0.2, -0.15) is 0 Å². The fourth-order valence-corrected chi connectivity index (χ4v) is 2.90. The molecule has 0 bridgehead atoms. The first-order valence-electron chi connectivity index (χ1n) is 5.22. The molecule has 0 fully saturated rings. The van der Waals surface area contributed by atoms with E-state index in [4.69, 9.17) is 0 Å². The van der Waals surface area contributed by atoms with Crippen LogP contribution >= 0.6 is 23.5 Å². The lowest BCUT2D eigenvalue weighted by molar-refractivity contribution is 0.557. The molecule has 0 spiro atoms. The van der Waals surface area contributed by atoms with E-state index in [0.29, 0.717) is 9.79 Å². The van der Waals surface area contributed by atoms with Gasteiger partial charge >= 0.3 is 0 Å². The van der Waals surface area contributed by atoms with Crippen molar-refractivity contribution >= 4 is 23.5 Å². The third-order valence-corrected chi connectivity index (χ3v) is 3.79. The van der Waals surface area contributed by atoms with Gasteiger partial charge in [0.15, 0.2) is 0 Å². The molecule has 1 aromatic rings. The molecule has 0 N–H and O–H groups in total. The fourth-order valence-electron chi connectivity index (χ4n) is 1.20. The minimum Gasteiger partial charge on any atom is -0.206 e. The van der Waals surface area contributed by atoms with Crippen molar-refractivity contribution in [2.45, 2.75) is 48.0 Å². The number of halogens is 2. The Morgan fingerprint density at radius 3 is 1.38 bits per heavy atom. The van der Waals surface area contributed by atoms with Crippen molar-refractivity contribution in [3.63, 3.8) is 0 Å². The van der Waals surface area contributed by atoms with E-state index in [-0.39, 0.29) is 22.1 Å². The summed E-state index contributed by atoms with van der Waals surface area (Å²) < 4.78 is 27.3. The number of rotatable bonds is 4. The van der Waals surface area contributed by atoms with E-state index in [9.17, 15) is 8.78 Å². The summed E-state index contributed by atoms with van der Waals surface area (Å²) in [7, 11) is 0. The van der Waals surface area contributed by atoms with Gasteiger partial charge < -0.3 is 0 Å². The second-order valence-corrected chi connectivity index (χ2v) is 7.28. The zero-order valence-electron chi connectivity index (χ0n) is 9.88. The highest BCUT2D eigenvalue weighted by Crippen LogP contribution is 2.33. The minimum atomic E-state index is -0.330. The summed E-state index contributed by atoms with van der Waals surface area (Å²) in [6.07, 6.45) is 0. The predicted molar refractivity (Wildman–Crippen MR) is 68.3 cm³/mol. The Morgan fingerprint density at radius 2 is 1.12 bits per heavy atom. The monoisotopic (exact) mass is 262 g/mol. The standard InChI is InChI=1S/C12H16F2S2/c1-7(2)15-11-5-10(14)12(6-9(11)13)16-8(3)4/h5-8H,1-4H3. The molecule has 0 aliphatic carbocycles. The quantitative estimate of drug-likeness (QED) is 0.703. The molecular weight excluding hydrogens is 246 g/mol. The Morgan fingerprint density at radius 1 is 0.812 bits per heavy atom. The van der Waals surface area contributed by atoms with Crippen molar-refractivity contribution in [3.8, 4) is 0 Å². The summed E-state index contributed by atoms with van der Waals surface area (Å²) in [6.45, 7) is 7.83. The molecule has 0 amide bonds. The molecule has 0 unspecified atom stereocenters. The summed E-state index contributed by atoms with van der Waals surface area (Å²) in [5.74, 6) is -0.661. The van der Waals surface area contributed by atoms with Crippen LogP contribution in [-0.4, -0.2) is 10.5 Å². The van der Waals surface area contributed by atoms with Gasteiger partial charge in [-0.3, -0.25) is 0 Å². The van der Waals surface area contributed by atoms with E-state index < -0.39 is 0 Å². The van der Waals surface area contributed by atoms with Gasteiger partial charge in [0.1, 0.15) is 11.6 Å². The van der Waals surface area contributed by atoms with Crippen LogP contribution in [0.1, 0.15) is 27.7 Å². The number of hydrogen-bond donors (Lipinski definition) is 0. The topological polar surface area (TPSA) is 0 Å². The van der Waals surface area contributed by atoms with Gasteiger partial charge in [0.25, 0.3) is 0 Å². The molecule has 0 heterocycles. The lowest BCUT2D eigenvalue weighted by Gasteiger charge is -2.10. The van der Waals surface area contributed by atoms with Crippen LogP contribution in [-0.2, 0) is 0 Å². The highest BCUT2D eigenvalue weighted by atomic mass is 32.2. The normalized spacial score (nSPS) is 11.5. The highest BCUT2D eigenvalue weighted by molar-refractivity contribution is 8.00. The largest absolute Gasteiger partial charge is 0.206 e. The number of benzene rings is 1. The third-order valence-electron chi connectivity index (χ3n) is 1.71. The smallest absolute Gasteiger partial charge is 0.138 e. The molecule has 0 aromatic heterocycles. The van der Waals surface area contributed by atoms with Gasteiger partial charge in [0, 0.05) is 20.3 Å². The molecule has 1 aromatic carbocycles. The van der Waals surface area contributed by atoms with Crippen LogP contribution < -0.4 is 0 Å². The average Bonchev–Trinajstić information content (AvgIpc) is 2.11. The first-order valence-corrected chi connectivity index (χ1v) is 6.98. The van der Waals surface area contributed by atoms with E-state index in [1.807, 2.05) is 27.7 Å². The van der Waals surface area contributed by atoms with Gasteiger partial charge in [0.05, 0.1) is 0 Å². The van der Waals surface area contributed by atoms with Gasteiger partial charge in [-0.1, -0.05) is 27.7 Å². The van der Waals surface area contributed by atoms with Gasteiger partial charge in [0.2, 0.25) is 0 Å². The summed E-state index contributed by atoms with van der Waals surface area (Å²) in [5.41, 5.74) is 0. The van der Waals surface area contributed by atoms with E-state index in [1.54, 1.807) is 0 Å². The Hall–Kier alpha value is -0.220. The van der Waals surface area contributed by atoms with Crippen molar-refractivity contribution in [3.05, 3.63) is 23.8 Å². The van der Waals surface area contributed by atoms with E-state index >= 15 is 0 Å². The summed E-state index contributed by atoms with van der Waals surface area (Å²) in [5, 5.41) is 0.495. The maximum atomic E-state index is 13.6. The lowest BCUT2D eigenvalue weighted by Crippen LogP contribution is -1.95. The van der Waals surface area contributed by atoms with Crippen LogP contribution in [0.5, 0.6) is 0 Å². The third kappa shape index (κ3) is 3.98. The molecule has 0 nitrogen and oxygen atoms in total. The van der Waals surface area contributed by atoms with Gasteiger partial charge in [-0.05, 0) is 12.1 Å². The molecule has 1 rings (SSSR count). The van der Waals surface area contributed by atoms with Crippen LogP contribution in [0.3, 0.4) is 0 Å². The maximum Gasteiger partial charge on any atom is 0.138 e. The van der Waals surface area contributed by atoms with Crippen LogP contribution in [0.25, 0.3) is 0 Å². The SMILES string of the molecule is CC(C)Sc1cc(F)c(SC(C)C)cc1F. The number of hydrogen-bond acceptors (Lipinski definition) is 2. The summed E-state index contributed by atoms with van der Waals surface area (Å²) in [6, 6.07) is 2.59. The predicted octanol–water partition coefficient (Wildman–Crippen LogP) is 4.97. The van der Waals surface area contributed by atoms with E-state index in [2.05, 4.69) is 0 Å². The van der Waals surface area contributed by atoms with E-state index in [1.165, 1.54) is 35.7 Å². The summed E-state index contributed by atoms with van der Waals surface area (Å²) >= 11 is 2.69. The maximum absolute atomic E-state index is 13.6. The van der Waals surface area contributed by atoms with Gasteiger partial charge in [-0.25, -0.2) is 8.78 Å². The van der Waals surface area contributed by atoms with Crippen molar-refractivity contribution in [2.75, 3.05) is 0 Å². The van der Waals surface area contributed by atoms with Crippen LogP contribution in [0, 0.1) is 11.6 Å². The molecule has 16 heavy (non-hydrogen) atoms. The molecule has 90 valence electrons. The van der Waals surface area contributed by atoms with Crippen molar-refractivity contribution < 1.29 is 8.78 Å². The molecular formula is C12H16F2S2. The molecule has 0 saturated carbocycles. The number of thioether (sulfide) groups is 2. The average molecular weight is 262 g/mol. The second-order valence-electron chi connectivity index (χ2n) is 4.05. The molecule has 0 aliphatic rings. The van der Waals surface area contributed by atoms with Crippen molar-refractivity contribution in [1.29, 1.82) is 0 Å². The molecule has 0 atom stereocenters. The molecule has 0 radical (unpaired) electrons. The second kappa shape index (κ2) is 5.92. The minimum absolute atomic E-state index is 0.248. The Labute approximate surface area is 104 Å². The van der Waals surface area contributed by atoms with Crippen LogP contribution in [0.15, 0.2) is 21.9 Å². The zero-order valence-corrected chi connectivity index (χ0v) is 11.5. The zero-order chi connectivity index (χ0) is 12.3. The highest BCUT2D eigenvalue weighted by Gasteiger charge is 2.13. The van der Waals surface area contributed by atoms with Crippen LogP contribution in [0.4, 0.5) is 8.78 Å². The first kappa shape index (κ1) is 13.8. The molecule has 0 saturated heterocycles. The van der Waals surface area contributed by atoms with Crippen molar-refractivity contribution in [1.82, 2.24) is 0 Å².